The fraction of sp³-hybridized carbons (Fsp3) is 0.625. The van der Waals surface area contributed by atoms with Crippen LogP contribution in [0, 0.1) is 0 Å². The number of rotatable bonds is 5. The molecule has 0 bridgehead atoms. The van der Waals surface area contributed by atoms with Gasteiger partial charge in [0.1, 0.15) is 23.9 Å². The highest BCUT2D eigenvalue weighted by Gasteiger charge is 2.60. The minimum Gasteiger partial charge on any atom is -0.394 e. The first-order valence-electron chi connectivity index (χ1n) is 7.25. The molecule has 0 amide bonds. The summed E-state index contributed by atoms with van der Waals surface area (Å²) in [6, 6.07) is 9.47. The van der Waals surface area contributed by atoms with Crippen LogP contribution in [-0.4, -0.2) is 58.7 Å². The highest BCUT2D eigenvalue weighted by atomic mass is 16.7. The molecule has 2 unspecified atom stereocenters. The maximum Gasteiger partial charge on any atom is 0.197 e. The van der Waals surface area contributed by atoms with E-state index in [0.717, 1.165) is 5.56 Å². The first-order chi connectivity index (χ1) is 10.4. The van der Waals surface area contributed by atoms with E-state index < -0.39 is 36.3 Å². The van der Waals surface area contributed by atoms with Gasteiger partial charge in [-0.1, -0.05) is 30.3 Å². The monoisotopic (exact) mass is 312 g/mol. The summed E-state index contributed by atoms with van der Waals surface area (Å²) in [6.45, 7) is 2.89. The summed E-state index contributed by atoms with van der Waals surface area (Å²) in [4.78, 5) is 0. The van der Waals surface area contributed by atoms with Gasteiger partial charge in [-0.25, -0.2) is 0 Å². The van der Waals surface area contributed by atoms with Gasteiger partial charge in [-0.15, -0.1) is 0 Å². The lowest BCUT2D eigenvalue weighted by atomic mass is 9.81. The molecule has 0 spiro atoms. The number of methoxy groups -OCH3 is 1. The van der Waals surface area contributed by atoms with Gasteiger partial charge in [0.15, 0.2) is 5.79 Å². The third-order valence-corrected chi connectivity index (χ3v) is 4.33. The van der Waals surface area contributed by atoms with Crippen LogP contribution in [0.3, 0.4) is 0 Å². The van der Waals surface area contributed by atoms with Crippen molar-refractivity contribution in [1.82, 2.24) is 0 Å². The molecule has 6 nitrogen and oxygen atoms in total. The van der Waals surface area contributed by atoms with Crippen molar-refractivity contribution in [3.8, 4) is 0 Å². The van der Waals surface area contributed by atoms with Crippen molar-refractivity contribution in [2.75, 3.05) is 13.7 Å². The molecular formula is C16H24O6. The van der Waals surface area contributed by atoms with E-state index in [-0.39, 0.29) is 6.61 Å². The van der Waals surface area contributed by atoms with E-state index in [1.54, 1.807) is 6.92 Å². The van der Waals surface area contributed by atoms with Crippen molar-refractivity contribution < 1.29 is 29.5 Å². The van der Waals surface area contributed by atoms with Crippen molar-refractivity contribution in [1.29, 1.82) is 0 Å². The Kier molecular flexibility index (Phi) is 5.21. The molecule has 6 heteroatoms. The molecule has 5 atom stereocenters. The Labute approximate surface area is 130 Å². The largest absolute Gasteiger partial charge is 0.394 e. The molecule has 0 saturated carbocycles. The van der Waals surface area contributed by atoms with E-state index in [2.05, 4.69) is 0 Å². The lowest BCUT2D eigenvalue weighted by Crippen LogP contribution is -2.71. The molecule has 124 valence electrons. The maximum atomic E-state index is 10.8. The number of aliphatic hydroxyl groups is 3. The Hall–Kier alpha value is -1.02. The summed E-state index contributed by atoms with van der Waals surface area (Å²) in [7, 11) is 1.39. The topological polar surface area (TPSA) is 88.4 Å². The molecule has 1 aromatic rings. The lowest BCUT2D eigenvalue weighted by Gasteiger charge is -2.53. The highest BCUT2D eigenvalue weighted by Crippen LogP contribution is 2.40. The van der Waals surface area contributed by atoms with Gasteiger partial charge < -0.3 is 29.5 Å². The van der Waals surface area contributed by atoms with Crippen LogP contribution in [-0.2, 0) is 20.8 Å². The summed E-state index contributed by atoms with van der Waals surface area (Å²) < 4.78 is 16.7. The molecule has 1 fully saturated rings. The zero-order chi connectivity index (χ0) is 16.4. The van der Waals surface area contributed by atoms with Crippen molar-refractivity contribution in [3.05, 3.63) is 35.9 Å². The third-order valence-electron chi connectivity index (χ3n) is 4.33. The molecule has 1 saturated heterocycles. The molecule has 1 aliphatic heterocycles. The van der Waals surface area contributed by atoms with E-state index >= 15 is 0 Å². The smallest absolute Gasteiger partial charge is 0.197 e. The fourth-order valence-corrected chi connectivity index (χ4v) is 2.75. The number of ether oxygens (including phenoxy) is 3. The average molecular weight is 312 g/mol. The molecule has 1 heterocycles. The fourth-order valence-electron chi connectivity index (χ4n) is 2.75. The Morgan fingerprint density at radius 1 is 1.23 bits per heavy atom. The van der Waals surface area contributed by atoms with Crippen molar-refractivity contribution >= 4 is 0 Å². The molecule has 1 aliphatic rings. The van der Waals surface area contributed by atoms with Crippen LogP contribution in [0.1, 0.15) is 19.4 Å². The van der Waals surface area contributed by atoms with Crippen LogP contribution in [0.5, 0.6) is 0 Å². The second-order valence-corrected chi connectivity index (χ2v) is 5.85. The second kappa shape index (κ2) is 6.62. The first-order valence-corrected chi connectivity index (χ1v) is 7.25. The molecule has 0 aromatic heterocycles. The summed E-state index contributed by atoms with van der Waals surface area (Å²) >= 11 is 0. The Morgan fingerprint density at radius 2 is 1.86 bits per heavy atom. The van der Waals surface area contributed by atoms with E-state index in [1.807, 2.05) is 30.3 Å². The number of hydrogen-bond acceptors (Lipinski definition) is 6. The maximum absolute atomic E-state index is 10.8. The standard InChI is InChI=1S/C16H24O6/c1-15(19)14(20-3)13(18)12(9-17)22-16(15,2)21-10-11-7-5-4-6-8-11/h4-8,12-14,17-19H,9-10H2,1-3H3/t12?,13-,14+,15+,16?/m1/s1. The van der Waals surface area contributed by atoms with Crippen LogP contribution in [0.25, 0.3) is 0 Å². The number of aliphatic hydroxyl groups excluding tert-OH is 2. The van der Waals surface area contributed by atoms with Crippen LogP contribution in [0.15, 0.2) is 30.3 Å². The van der Waals surface area contributed by atoms with E-state index in [0.29, 0.717) is 0 Å². The van der Waals surface area contributed by atoms with Crippen LogP contribution >= 0.6 is 0 Å². The van der Waals surface area contributed by atoms with Crippen LogP contribution in [0.2, 0.25) is 0 Å². The summed E-state index contributed by atoms with van der Waals surface area (Å²) in [5.41, 5.74) is -0.675. The molecule has 0 radical (unpaired) electrons. The molecule has 1 aromatic carbocycles. The Bertz CT molecular complexity index is 477. The Balaban J connectivity index is 2.21. The predicted molar refractivity (Wildman–Crippen MR) is 79.0 cm³/mol. The highest BCUT2D eigenvalue weighted by molar-refractivity contribution is 5.14. The first kappa shape index (κ1) is 17.3. The molecule has 3 N–H and O–H groups in total. The van der Waals surface area contributed by atoms with Gasteiger partial charge in [-0.2, -0.15) is 0 Å². The van der Waals surface area contributed by atoms with Gasteiger partial charge in [-0.05, 0) is 19.4 Å². The van der Waals surface area contributed by atoms with Gasteiger partial charge in [0, 0.05) is 7.11 Å². The van der Waals surface area contributed by atoms with Crippen molar-refractivity contribution in [2.45, 2.75) is 50.2 Å². The quantitative estimate of drug-likeness (QED) is 0.731. The van der Waals surface area contributed by atoms with E-state index in [1.165, 1.54) is 14.0 Å². The molecule has 22 heavy (non-hydrogen) atoms. The number of hydrogen-bond donors (Lipinski definition) is 3. The average Bonchev–Trinajstić information content (AvgIpc) is 2.51. The minimum absolute atomic E-state index is 0.220. The van der Waals surface area contributed by atoms with Gasteiger partial charge in [0.05, 0.1) is 13.2 Å². The van der Waals surface area contributed by atoms with Crippen molar-refractivity contribution in [3.63, 3.8) is 0 Å². The SMILES string of the molecule is CO[C@H]1[C@H](O)C(CO)OC(C)(OCc2ccccc2)[C@@]1(C)O. The van der Waals surface area contributed by atoms with Gasteiger partial charge >= 0.3 is 0 Å². The lowest BCUT2D eigenvalue weighted by molar-refractivity contribution is -0.395. The summed E-state index contributed by atoms with van der Waals surface area (Å²) in [5, 5.41) is 30.3. The zero-order valence-electron chi connectivity index (χ0n) is 13.1. The number of benzene rings is 1. The zero-order valence-corrected chi connectivity index (χ0v) is 13.1. The Morgan fingerprint density at radius 3 is 2.41 bits per heavy atom. The van der Waals surface area contributed by atoms with Crippen LogP contribution < -0.4 is 0 Å². The second-order valence-electron chi connectivity index (χ2n) is 5.85. The van der Waals surface area contributed by atoms with Crippen LogP contribution in [0.4, 0.5) is 0 Å². The van der Waals surface area contributed by atoms with Crippen molar-refractivity contribution in [2.24, 2.45) is 0 Å². The molecule has 0 aliphatic carbocycles. The third kappa shape index (κ3) is 3.03. The summed E-state index contributed by atoms with van der Waals surface area (Å²) in [6.07, 6.45) is -3.00. The van der Waals surface area contributed by atoms with E-state index in [4.69, 9.17) is 14.2 Å². The molecule has 2 rings (SSSR count). The van der Waals surface area contributed by atoms with E-state index in [9.17, 15) is 15.3 Å². The van der Waals surface area contributed by atoms with Gasteiger partial charge in [-0.3, -0.25) is 0 Å². The minimum atomic E-state index is -1.60. The predicted octanol–water partition coefficient (Wildman–Crippen LogP) is 0.437. The normalized spacial score (nSPS) is 38.9. The summed E-state index contributed by atoms with van der Waals surface area (Å²) in [5.74, 6) is -1.43. The molecular weight excluding hydrogens is 288 g/mol. The van der Waals surface area contributed by atoms with Gasteiger partial charge in [0.25, 0.3) is 0 Å². The van der Waals surface area contributed by atoms with Gasteiger partial charge in [0.2, 0.25) is 0 Å².